The van der Waals surface area contributed by atoms with E-state index < -0.39 is 31.1 Å². The molecule has 6 atom stereocenters. The molecule has 2 fully saturated rings. The Morgan fingerprint density at radius 3 is 2.72 bits per heavy atom. The van der Waals surface area contributed by atoms with Gasteiger partial charge in [-0.2, -0.15) is 9.97 Å². The average molecular weight is 462 g/mol. The first-order chi connectivity index (χ1) is 15.5. The Morgan fingerprint density at radius 1 is 1.16 bits per heavy atom. The summed E-state index contributed by atoms with van der Waals surface area (Å²) in [6, 6.07) is 9.68. The zero-order valence-electron chi connectivity index (χ0n) is 17.1. The van der Waals surface area contributed by atoms with E-state index in [-0.39, 0.29) is 17.4 Å². The molecule has 3 heterocycles. The molecule has 1 aliphatic carbocycles. The number of aliphatic hydroxyl groups excluding tert-OH is 3. The monoisotopic (exact) mass is 461 g/mol. The molecular weight excluding hydrogens is 438 g/mol. The van der Waals surface area contributed by atoms with Gasteiger partial charge >= 0.3 is 0 Å². The van der Waals surface area contributed by atoms with Crippen LogP contribution < -0.4 is 10.1 Å². The number of para-hydroxylation sites is 1. The van der Waals surface area contributed by atoms with Gasteiger partial charge in [-0.1, -0.05) is 18.2 Å². The van der Waals surface area contributed by atoms with E-state index in [1.807, 2.05) is 30.3 Å². The topological polar surface area (TPSA) is 135 Å². The largest absolute Gasteiger partial charge is 0.488 e. The number of anilines is 1. The Kier molecular flexibility index (Phi) is 5.87. The van der Waals surface area contributed by atoms with Gasteiger partial charge in [0, 0.05) is 0 Å². The number of fused-ring (bicyclic) bond motifs is 1. The van der Waals surface area contributed by atoms with E-state index in [1.54, 1.807) is 0 Å². The molecular formula is C21H24ClN5O5. The summed E-state index contributed by atoms with van der Waals surface area (Å²) in [6.45, 7) is -0.422. The van der Waals surface area contributed by atoms with Gasteiger partial charge < -0.3 is 30.1 Å². The van der Waals surface area contributed by atoms with E-state index in [2.05, 4.69) is 20.3 Å². The van der Waals surface area contributed by atoms with Crippen LogP contribution in [0.5, 0.6) is 5.75 Å². The lowest BCUT2D eigenvalue weighted by Gasteiger charge is -2.23. The smallest absolute Gasteiger partial charge is 0.226 e. The number of nitrogens with zero attached hydrogens (tertiary/aromatic N) is 4. The molecule has 1 aromatic carbocycles. The summed E-state index contributed by atoms with van der Waals surface area (Å²) >= 11 is 6.20. The Balaban J connectivity index is 1.42. The van der Waals surface area contributed by atoms with Crippen molar-refractivity contribution in [2.75, 3.05) is 11.9 Å². The SMILES string of the molecule is OC[C@H]1O[C@@H](n2cnc3c(NC4CCCC4Oc4ccccc4)nc(Cl)nc32)[C@H](O)[C@@H]1O. The third-order valence-electron chi connectivity index (χ3n) is 5.99. The van der Waals surface area contributed by atoms with Gasteiger partial charge in [0.25, 0.3) is 0 Å². The fourth-order valence-corrected chi connectivity index (χ4v) is 4.53. The first kappa shape index (κ1) is 21.4. The number of benzene rings is 1. The molecule has 2 unspecified atom stereocenters. The van der Waals surface area contributed by atoms with Crippen LogP contribution in [0.15, 0.2) is 36.7 Å². The molecule has 0 radical (unpaired) electrons. The average Bonchev–Trinajstić information content (AvgIpc) is 3.48. The van der Waals surface area contributed by atoms with E-state index in [0.717, 1.165) is 25.0 Å². The number of nitrogens with one attached hydrogen (secondary N) is 1. The molecule has 4 N–H and O–H groups in total. The Bertz CT molecular complexity index is 1080. The zero-order chi connectivity index (χ0) is 22.2. The number of halogens is 1. The van der Waals surface area contributed by atoms with Crippen LogP contribution in [0.2, 0.25) is 5.28 Å². The second-order valence-electron chi connectivity index (χ2n) is 8.05. The molecule has 2 aromatic heterocycles. The summed E-state index contributed by atoms with van der Waals surface area (Å²) in [5, 5.41) is 33.3. The number of aromatic nitrogens is 4. The Morgan fingerprint density at radius 2 is 1.97 bits per heavy atom. The van der Waals surface area contributed by atoms with E-state index in [4.69, 9.17) is 21.1 Å². The highest BCUT2D eigenvalue weighted by molar-refractivity contribution is 6.28. The fourth-order valence-electron chi connectivity index (χ4n) is 4.37. The Hall–Kier alpha value is -2.50. The first-order valence-electron chi connectivity index (χ1n) is 10.6. The third kappa shape index (κ3) is 3.89. The summed E-state index contributed by atoms with van der Waals surface area (Å²) in [7, 11) is 0. The Labute approximate surface area is 188 Å². The van der Waals surface area contributed by atoms with E-state index >= 15 is 0 Å². The molecule has 0 spiro atoms. The molecule has 32 heavy (non-hydrogen) atoms. The predicted octanol–water partition coefficient (Wildman–Crippen LogP) is 1.50. The van der Waals surface area contributed by atoms with Crippen LogP contribution in [0.4, 0.5) is 5.82 Å². The van der Waals surface area contributed by atoms with Crippen LogP contribution in [-0.4, -0.2) is 71.9 Å². The minimum atomic E-state index is -1.26. The number of rotatable bonds is 6. The van der Waals surface area contributed by atoms with E-state index in [1.165, 1.54) is 10.9 Å². The molecule has 0 bridgehead atoms. The summed E-state index contributed by atoms with van der Waals surface area (Å²) < 4.78 is 13.3. The van der Waals surface area contributed by atoms with Gasteiger partial charge in [-0.3, -0.25) is 4.57 Å². The summed E-state index contributed by atoms with van der Waals surface area (Å²) in [4.78, 5) is 13.0. The van der Waals surface area contributed by atoms with Crippen molar-refractivity contribution in [2.24, 2.45) is 0 Å². The molecule has 1 saturated heterocycles. The van der Waals surface area contributed by atoms with Crippen LogP contribution in [0.1, 0.15) is 25.5 Å². The summed E-state index contributed by atoms with van der Waals surface area (Å²) in [6.07, 6.45) is -0.129. The van der Waals surface area contributed by atoms with E-state index in [9.17, 15) is 15.3 Å². The van der Waals surface area contributed by atoms with Crippen molar-refractivity contribution in [3.8, 4) is 5.75 Å². The molecule has 0 amide bonds. The van der Waals surface area contributed by atoms with Crippen molar-refractivity contribution in [3.05, 3.63) is 41.9 Å². The lowest BCUT2D eigenvalue weighted by Crippen LogP contribution is -2.33. The fraction of sp³-hybridized carbons (Fsp3) is 0.476. The maximum atomic E-state index is 10.4. The van der Waals surface area contributed by atoms with Crippen LogP contribution in [0, 0.1) is 0 Å². The number of imidazole rings is 1. The van der Waals surface area contributed by atoms with Gasteiger partial charge in [0.05, 0.1) is 19.0 Å². The van der Waals surface area contributed by atoms with Gasteiger partial charge in [0.2, 0.25) is 5.28 Å². The highest BCUT2D eigenvalue weighted by Gasteiger charge is 2.44. The van der Waals surface area contributed by atoms with E-state index in [0.29, 0.717) is 17.0 Å². The molecule has 3 aromatic rings. The maximum absolute atomic E-state index is 10.4. The normalized spacial score (nSPS) is 30.1. The first-order valence-corrected chi connectivity index (χ1v) is 10.9. The minimum Gasteiger partial charge on any atom is -0.488 e. The van der Waals surface area contributed by atoms with Crippen molar-refractivity contribution in [2.45, 2.75) is 55.9 Å². The highest BCUT2D eigenvalue weighted by Crippen LogP contribution is 2.34. The van der Waals surface area contributed by atoms with Gasteiger partial charge in [-0.25, -0.2) is 4.98 Å². The van der Waals surface area contributed by atoms with Gasteiger partial charge in [-0.05, 0) is 43.0 Å². The van der Waals surface area contributed by atoms with Gasteiger partial charge in [-0.15, -0.1) is 0 Å². The summed E-state index contributed by atoms with van der Waals surface area (Å²) in [5.41, 5.74) is 0.804. The lowest BCUT2D eigenvalue weighted by atomic mass is 10.1. The summed E-state index contributed by atoms with van der Waals surface area (Å²) in [5.74, 6) is 1.27. The van der Waals surface area contributed by atoms with Crippen LogP contribution >= 0.6 is 11.6 Å². The molecule has 11 heteroatoms. The van der Waals surface area contributed by atoms with Crippen molar-refractivity contribution in [1.29, 1.82) is 0 Å². The molecule has 170 valence electrons. The van der Waals surface area contributed by atoms with Gasteiger partial charge in [0.1, 0.15) is 30.2 Å². The number of aliphatic hydroxyl groups is 3. The lowest BCUT2D eigenvalue weighted by molar-refractivity contribution is -0.0511. The van der Waals surface area contributed by atoms with Crippen molar-refractivity contribution in [3.63, 3.8) is 0 Å². The minimum absolute atomic E-state index is 0.00318. The zero-order valence-corrected chi connectivity index (χ0v) is 17.8. The van der Waals surface area contributed by atoms with Crippen LogP contribution in [0.25, 0.3) is 11.2 Å². The van der Waals surface area contributed by atoms with Crippen molar-refractivity contribution >= 4 is 28.6 Å². The van der Waals surface area contributed by atoms with Crippen LogP contribution in [-0.2, 0) is 4.74 Å². The van der Waals surface area contributed by atoms with Crippen LogP contribution in [0.3, 0.4) is 0 Å². The molecule has 5 rings (SSSR count). The second-order valence-corrected chi connectivity index (χ2v) is 8.38. The highest BCUT2D eigenvalue weighted by atomic mass is 35.5. The predicted molar refractivity (Wildman–Crippen MR) is 115 cm³/mol. The third-order valence-corrected chi connectivity index (χ3v) is 6.16. The maximum Gasteiger partial charge on any atom is 0.226 e. The molecule has 10 nitrogen and oxygen atoms in total. The van der Waals surface area contributed by atoms with Gasteiger partial charge in [0.15, 0.2) is 23.2 Å². The molecule has 1 saturated carbocycles. The number of hydrogen-bond donors (Lipinski definition) is 4. The molecule has 1 aliphatic heterocycles. The van der Waals surface area contributed by atoms with Crippen molar-refractivity contribution in [1.82, 2.24) is 19.5 Å². The quantitative estimate of drug-likeness (QED) is 0.403. The molecule has 2 aliphatic rings. The number of ether oxygens (including phenoxy) is 2. The van der Waals surface area contributed by atoms with Crippen molar-refractivity contribution < 1.29 is 24.8 Å². The second kappa shape index (κ2) is 8.80. The number of hydrogen-bond acceptors (Lipinski definition) is 9. The standard InChI is InChI=1S/C21H24ClN5O5/c22-21-25-18(24-12-7-4-8-13(12)31-11-5-2-1-3-6-11)15-19(26-21)27(10-23-15)20-17(30)16(29)14(9-28)32-20/h1-3,5-6,10,12-14,16-17,20,28-30H,4,7-9H2,(H,24,25,26)/t12?,13?,14-,16-,17-,20-/m1/s1.